The first-order chi connectivity index (χ1) is 17.5. The highest BCUT2D eigenvalue weighted by atomic mass is 19.1. The van der Waals surface area contributed by atoms with Crippen LogP contribution in [0.15, 0.2) is 35.9 Å². The van der Waals surface area contributed by atoms with Crippen LogP contribution in [-0.2, 0) is 16.0 Å². The Kier molecular flexibility index (Phi) is 9.51. The van der Waals surface area contributed by atoms with Crippen LogP contribution in [0.3, 0.4) is 0 Å². The van der Waals surface area contributed by atoms with Gasteiger partial charge in [0.15, 0.2) is 6.17 Å². The molecule has 0 saturated carbocycles. The topological polar surface area (TPSA) is 95.9 Å². The molecule has 1 saturated heterocycles. The Morgan fingerprint density at radius 3 is 2.70 bits per heavy atom. The molecule has 1 aromatic carbocycles. The lowest BCUT2D eigenvalue weighted by atomic mass is 9.73. The summed E-state index contributed by atoms with van der Waals surface area (Å²) in [5.74, 6) is -1.30. The third-order valence-electron chi connectivity index (χ3n) is 7.40. The number of nitrogens with zero attached hydrogens (tertiary/aromatic N) is 1. The zero-order chi connectivity index (χ0) is 27.3. The fourth-order valence-corrected chi connectivity index (χ4v) is 5.22. The first-order valence-electron chi connectivity index (χ1n) is 13.2. The number of allylic oxidation sites excluding steroid dienone is 3. The summed E-state index contributed by atoms with van der Waals surface area (Å²) < 4.78 is 19.9. The van der Waals surface area contributed by atoms with E-state index in [0.717, 1.165) is 54.6 Å². The number of nitrogens with one attached hydrogen (secondary N) is 1. The van der Waals surface area contributed by atoms with Gasteiger partial charge in [-0.15, -0.1) is 0 Å². The molecule has 8 heteroatoms. The number of carbonyl (C=O) groups is 3. The number of rotatable bonds is 10. The van der Waals surface area contributed by atoms with Gasteiger partial charge in [-0.3, -0.25) is 14.9 Å². The fourth-order valence-electron chi connectivity index (χ4n) is 5.22. The van der Waals surface area contributed by atoms with Crippen molar-refractivity contribution in [2.75, 3.05) is 6.54 Å². The van der Waals surface area contributed by atoms with E-state index in [0.29, 0.717) is 11.3 Å². The molecule has 3 amide bonds. The van der Waals surface area contributed by atoms with Crippen LogP contribution in [0, 0.1) is 5.92 Å². The van der Waals surface area contributed by atoms with E-state index in [4.69, 9.17) is 4.74 Å². The number of ether oxygens (including phenoxy) is 1. The molecule has 1 aliphatic heterocycles. The quantitative estimate of drug-likeness (QED) is 0.180. The monoisotopic (exact) mass is 514 g/mol. The van der Waals surface area contributed by atoms with Crippen LogP contribution in [-0.4, -0.2) is 46.7 Å². The second kappa shape index (κ2) is 12.4. The Morgan fingerprint density at radius 1 is 1.30 bits per heavy atom. The number of halogens is 1. The number of phenolic OH excluding ortho intramolecular Hbond substituents is 1. The number of alkyl halides is 1. The minimum atomic E-state index is -1.86. The van der Waals surface area contributed by atoms with E-state index in [2.05, 4.69) is 26.5 Å². The molecule has 0 aromatic heterocycles. The van der Waals surface area contributed by atoms with Crippen molar-refractivity contribution < 1.29 is 28.6 Å². The summed E-state index contributed by atoms with van der Waals surface area (Å²) >= 11 is 0. The molecule has 0 radical (unpaired) electrons. The zero-order valence-electron chi connectivity index (χ0n) is 22.3. The maximum absolute atomic E-state index is 14.1. The number of esters is 1. The standard InChI is InChI=1S/C29H39FN2O5/c1-6-7-8-9-20-15-23(33)26(22-14-18(4)10-11-21(22)17(2)3)24(16-20)37-25(34)12-13-32-19(5)27(30)28(35)31-29(32)36/h14-16,19,21-22,27,33H,2,6-13H2,1,3-5H3,(H,31,35,36)/t19?,21-,22+,27?/m1/s1. The Labute approximate surface area is 218 Å². The van der Waals surface area contributed by atoms with Crippen LogP contribution in [0.1, 0.15) is 83.3 Å². The van der Waals surface area contributed by atoms with Crippen LogP contribution < -0.4 is 10.1 Å². The molecule has 2 aliphatic rings. The van der Waals surface area contributed by atoms with Crippen LogP contribution >= 0.6 is 0 Å². The molecule has 1 aromatic rings. The van der Waals surface area contributed by atoms with Gasteiger partial charge >= 0.3 is 12.0 Å². The van der Waals surface area contributed by atoms with Crippen LogP contribution in [0.25, 0.3) is 0 Å². The molecule has 0 spiro atoms. The average Bonchev–Trinajstić information content (AvgIpc) is 2.82. The molecule has 37 heavy (non-hydrogen) atoms. The first-order valence-corrected chi connectivity index (χ1v) is 13.2. The number of aromatic hydroxyl groups is 1. The molecule has 2 N–H and O–H groups in total. The van der Waals surface area contributed by atoms with Gasteiger partial charge in [0.05, 0.1) is 12.5 Å². The highest BCUT2D eigenvalue weighted by molar-refractivity contribution is 5.99. The molecule has 3 rings (SSSR count). The molecular formula is C29H39FN2O5. The van der Waals surface area contributed by atoms with Gasteiger partial charge in [0.1, 0.15) is 11.5 Å². The molecule has 1 fully saturated rings. The van der Waals surface area contributed by atoms with Crippen molar-refractivity contribution in [2.45, 2.75) is 90.8 Å². The van der Waals surface area contributed by atoms with E-state index >= 15 is 0 Å². The summed E-state index contributed by atoms with van der Waals surface area (Å²) in [5.41, 5.74) is 3.63. The number of aryl methyl sites for hydroxylation is 1. The smallest absolute Gasteiger partial charge is 0.324 e. The van der Waals surface area contributed by atoms with Crippen LogP contribution in [0.5, 0.6) is 11.5 Å². The fraction of sp³-hybridized carbons (Fsp3) is 0.552. The number of carbonyl (C=O) groups excluding carboxylic acids is 3. The van der Waals surface area contributed by atoms with Gasteiger partial charge in [-0.05, 0) is 70.1 Å². The van der Waals surface area contributed by atoms with Gasteiger partial charge < -0.3 is 14.7 Å². The number of hydrogen-bond donors (Lipinski definition) is 2. The predicted octanol–water partition coefficient (Wildman–Crippen LogP) is 5.71. The second-order valence-corrected chi connectivity index (χ2v) is 10.4. The summed E-state index contributed by atoms with van der Waals surface area (Å²) in [7, 11) is 0. The Bertz CT molecular complexity index is 1080. The predicted molar refractivity (Wildman–Crippen MR) is 140 cm³/mol. The highest BCUT2D eigenvalue weighted by Gasteiger charge is 2.39. The van der Waals surface area contributed by atoms with Crippen molar-refractivity contribution in [2.24, 2.45) is 5.92 Å². The lowest BCUT2D eigenvalue weighted by Gasteiger charge is -2.34. The highest BCUT2D eigenvalue weighted by Crippen LogP contribution is 2.47. The molecule has 4 atom stereocenters. The second-order valence-electron chi connectivity index (χ2n) is 10.4. The van der Waals surface area contributed by atoms with E-state index in [9.17, 15) is 23.9 Å². The Balaban J connectivity index is 1.87. The maximum Gasteiger partial charge on any atom is 0.324 e. The minimum absolute atomic E-state index is 0.0850. The minimum Gasteiger partial charge on any atom is -0.507 e. The van der Waals surface area contributed by atoms with Gasteiger partial charge in [0, 0.05) is 18.0 Å². The molecule has 1 heterocycles. The van der Waals surface area contributed by atoms with E-state index in [1.165, 1.54) is 12.5 Å². The maximum atomic E-state index is 14.1. The van der Waals surface area contributed by atoms with Gasteiger partial charge in [-0.2, -0.15) is 0 Å². The zero-order valence-corrected chi connectivity index (χ0v) is 22.3. The third kappa shape index (κ3) is 6.79. The molecule has 2 unspecified atom stereocenters. The summed E-state index contributed by atoms with van der Waals surface area (Å²) in [4.78, 5) is 37.8. The summed E-state index contributed by atoms with van der Waals surface area (Å²) in [6.07, 6.45) is 5.69. The van der Waals surface area contributed by atoms with Crippen molar-refractivity contribution in [3.8, 4) is 11.5 Å². The van der Waals surface area contributed by atoms with Gasteiger partial charge in [0.25, 0.3) is 5.91 Å². The number of amides is 3. The van der Waals surface area contributed by atoms with E-state index in [-0.39, 0.29) is 30.6 Å². The Hall–Kier alpha value is -3.16. The number of benzene rings is 1. The normalized spacial score (nSPS) is 23.9. The van der Waals surface area contributed by atoms with Gasteiger partial charge in [-0.25, -0.2) is 9.18 Å². The summed E-state index contributed by atoms with van der Waals surface area (Å²) in [6.45, 7) is 11.6. The Morgan fingerprint density at radius 2 is 2.03 bits per heavy atom. The van der Waals surface area contributed by atoms with Gasteiger partial charge in [0.2, 0.25) is 0 Å². The van der Waals surface area contributed by atoms with Crippen molar-refractivity contribution >= 4 is 17.9 Å². The van der Waals surface area contributed by atoms with Crippen molar-refractivity contribution in [3.63, 3.8) is 0 Å². The number of unbranched alkanes of at least 4 members (excludes halogenated alkanes) is 2. The lowest BCUT2D eigenvalue weighted by Crippen LogP contribution is -2.60. The van der Waals surface area contributed by atoms with Gasteiger partial charge in [-0.1, -0.05) is 43.6 Å². The summed E-state index contributed by atoms with van der Waals surface area (Å²) in [5, 5.41) is 13.1. The average molecular weight is 515 g/mol. The van der Waals surface area contributed by atoms with E-state index in [1.54, 1.807) is 6.07 Å². The number of hydrogen-bond acceptors (Lipinski definition) is 5. The van der Waals surface area contributed by atoms with Crippen LogP contribution in [0.4, 0.5) is 9.18 Å². The third-order valence-corrected chi connectivity index (χ3v) is 7.40. The number of phenols is 1. The van der Waals surface area contributed by atoms with Crippen molar-refractivity contribution in [3.05, 3.63) is 47.1 Å². The van der Waals surface area contributed by atoms with Crippen molar-refractivity contribution in [1.29, 1.82) is 0 Å². The largest absolute Gasteiger partial charge is 0.507 e. The lowest BCUT2D eigenvalue weighted by molar-refractivity contribution is -0.135. The first kappa shape index (κ1) is 28.4. The molecule has 0 bridgehead atoms. The molecule has 202 valence electrons. The molecular weight excluding hydrogens is 475 g/mol. The molecule has 1 aliphatic carbocycles. The number of urea groups is 1. The van der Waals surface area contributed by atoms with E-state index in [1.807, 2.05) is 18.3 Å². The number of imide groups is 1. The van der Waals surface area contributed by atoms with Crippen molar-refractivity contribution in [1.82, 2.24) is 10.2 Å². The molecule has 7 nitrogen and oxygen atoms in total. The summed E-state index contributed by atoms with van der Waals surface area (Å²) in [6, 6.07) is 1.86. The SMILES string of the molecule is C=C(C)[C@H]1CCC(C)=C[C@@H]1c1c(O)cc(CCCCC)cc1OC(=O)CCN1C(=O)NC(=O)C(F)C1C. The van der Waals surface area contributed by atoms with E-state index < -0.39 is 30.1 Å². The van der Waals surface area contributed by atoms with Crippen LogP contribution in [0.2, 0.25) is 0 Å².